The van der Waals surface area contributed by atoms with Gasteiger partial charge in [0.2, 0.25) is 0 Å². The van der Waals surface area contributed by atoms with Gasteiger partial charge >= 0.3 is 6.18 Å². The topological polar surface area (TPSA) is 69.0 Å². The quantitative estimate of drug-likeness (QED) is 0.839. The molecule has 0 aliphatic carbocycles. The molecule has 1 aromatic heterocycles. The van der Waals surface area contributed by atoms with Crippen LogP contribution in [0.25, 0.3) is 0 Å². The van der Waals surface area contributed by atoms with Crippen molar-refractivity contribution in [3.05, 3.63) is 29.6 Å². The Kier molecular flexibility index (Phi) is 7.85. The summed E-state index contributed by atoms with van der Waals surface area (Å²) in [5, 5.41) is 11.6. The first-order valence-electron chi connectivity index (χ1n) is 8.15. The van der Waals surface area contributed by atoms with E-state index in [0.717, 1.165) is 0 Å². The van der Waals surface area contributed by atoms with Crippen molar-refractivity contribution in [3.8, 4) is 6.07 Å². The van der Waals surface area contributed by atoms with E-state index in [1.54, 1.807) is 4.90 Å². The molecule has 1 amide bonds. The van der Waals surface area contributed by atoms with Crippen LogP contribution in [0, 0.1) is 23.2 Å². The van der Waals surface area contributed by atoms with Gasteiger partial charge in [-0.1, -0.05) is 13.8 Å². The van der Waals surface area contributed by atoms with Gasteiger partial charge in [0.1, 0.15) is 11.8 Å². The molecule has 2 rings (SSSR count). The predicted molar refractivity (Wildman–Crippen MR) is 92.9 cm³/mol. The summed E-state index contributed by atoms with van der Waals surface area (Å²) in [6.45, 7) is 4.87. The molecule has 0 unspecified atom stereocenters. The predicted octanol–water partition coefficient (Wildman–Crippen LogP) is 3.01. The minimum atomic E-state index is -4.18. The first kappa shape index (κ1) is 22.2. The largest absolute Gasteiger partial charge is 0.390 e. The van der Waals surface area contributed by atoms with Crippen LogP contribution in [-0.2, 0) is 0 Å². The van der Waals surface area contributed by atoms with Crippen molar-refractivity contribution < 1.29 is 18.0 Å². The zero-order valence-electron chi connectivity index (χ0n) is 14.6. The summed E-state index contributed by atoms with van der Waals surface area (Å²) in [7, 11) is 0. The summed E-state index contributed by atoms with van der Waals surface area (Å²) in [5.74, 6) is -0.00545. The summed E-state index contributed by atoms with van der Waals surface area (Å²) in [6.07, 6.45) is -3.70. The van der Waals surface area contributed by atoms with E-state index in [-0.39, 0.29) is 48.4 Å². The summed E-state index contributed by atoms with van der Waals surface area (Å²) >= 11 is 0. The highest BCUT2D eigenvalue weighted by Gasteiger charge is 2.37. The van der Waals surface area contributed by atoms with Gasteiger partial charge in [-0.05, 0) is 24.0 Å². The van der Waals surface area contributed by atoms with Crippen LogP contribution in [0.4, 0.5) is 13.2 Å². The van der Waals surface area contributed by atoms with E-state index < -0.39 is 12.6 Å². The van der Waals surface area contributed by atoms with Gasteiger partial charge in [-0.3, -0.25) is 4.79 Å². The van der Waals surface area contributed by atoms with Crippen LogP contribution in [0.15, 0.2) is 18.3 Å². The minimum Gasteiger partial charge on any atom is -0.348 e. The van der Waals surface area contributed by atoms with Crippen LogP contribution >= 0.6 is 12.4 Å². The molecule has 2 heterocycles. The third-order valence-corrected chi connectivity index (χ3v) is 4.47. The Morgan fingerprint density at radius 3 is 2.62 bits per heavy atom. The Labute approximate surface area is 157 Å². The Morgan fingerprint density at radius 2 is 2.12 bits per heavy atom. The molecule has 1 fully saturated rings. The summed E-state index contributed by atoms with van der Waals surface area (Å²) < 4.78 is 37.3. The van der Waals surface area contributed by atoms with Gasteiger partial charge in [0.05, 0.1) is 12.0 Å². The molecule has 1 aromatic rings. The van der Waals surface area contributed by atoms with Gasteiger partial charge in [-0.25, -0.2) is 4.98 Å². The van der Waals surface area contributed by atoms with Gasteiger partial charge in [0.25, 0.3) is 5.91 Å². The maximum Gasteiger partial charge on any atom is 0.390 e. The minimum absolute atomic E-state index is 0. The van der Waals surface area contributed by atoms with Crippen LogP contribution < -0.4 is 5.32 Å². The van der Waals surface area contributed by atoms with E-state index in [1.807, 2.05) is 19.9 Å². The Balaban J connectivity index is 0.00000338. The Hall–Kier alpha value is -1.85. The van der Waals surface area contributed by atoms with E-state index in [4.69, 9.17) is 5.26 Å². The third-order valence-electron chi connectivity index (χ3n) is 4.47. The van der Waals surface area contributed by atoms with Crippen molar-refractivity contribution in [3.63, 3.8) is 0 Å². The smallest absolute Gasteiger partial charge is 0.348 e. The average molecular weight is 391 g/mol. The van der Waals surface area contributed by atoms with E-state index in [1.165, 1.54) is 18.3 Å². The maximum absolute atomic E-state index is 12.4. The number of alkyl halides is 3. The second kappa shape index (κ2) is 9.19. The number of carbonyl (C=O) groups excluding carboxylic acids is 1. The molecular weight excluding hydrogens is 369 g/mol. The molecule has 0 spiro atoms. The highest BCUT2D eigenvalue weighted by Crippen LogP contribution is 2.27. The van der Waals surface area contributed by atoms with Crippen LogP contribution in [0.2, 0.25) is 0 Å². The molecule has 1 N–H and O–H groups in total. The van der Waals surface area contributed by atoms with Crippen molar-refractivity contribution in [1.82, 2.24) is 15.2 Å². The normalized spacial score (nSPS) is 20.5. The number of nitrogens with one attached hydrogen (secondary N) is 1. The van der Waals surface area contributed by atoms with Gasteiger partial charge in [-0.15, -0.1) is 12.4 Å². The number of hydrogen-bond donors (Lipinski definition) is 1. The molecule has 0 bridgehead atoms. The number of hydrogen-bond acceptors (Lipinski definition) is 4. The van der Waals surface area contributed by atoms with E-state index >= 15 is 0 Å². The van der Waals surface area contributed by atoms with Crippen molar-refractivity contribution >= 4 is 18.3 Å². The number of likely N-dealkylation sites (tertiary alicyclic amines) is 1. The van der Waals surface area contributed by atoms with Gasteiger partial charge in [-0.2, -0.15) is 18.4 Å². The third kappa shape index (κ3) is 6.15. The molecule has 0 saturated carbocycles. The maximum atomic E-state index is 12.4. The zero-order chi connectivity index (χ0) is 18.6. The lowest BCUT2D eigenvalue weighted by Gasteiger charge is -2.23. The molecule has 1 aliphatic heterocycles. The number of pyridine rings is 1. The molecule has 1 saturated heterocycles. The summed E-state index contributed by atoms with van der Waals surface area (Å²) in [6, 6.07) is 4.64. The summed E-state index contributed by atoms with van der Waals surface area (Å²) in [5.41, 5.74) is 0.547. The zero-order valence-corrected chi connectivity index (χ0v) is 15.4. The van der Waals surface area contributed by atoms with Crippen molar-refractivity contribution in [2.24, 2.45) is 11.8 Å². The van der Waals surface area contributed by atoms with Crippen LogP contribution in [0.5, 0.6) is 0 Å². The fourth-order valence-electron chi connectivity index (χ4n) is 3.06. The molecule has 26 heavy (non-hydrogen) atoms. The van der Waals surface area contributed by atoms with Crippen molar-refractivity contribution in [1.29, 1.82) is 5.26 Å². The monoisotopic (exact) mass is 390 g/mol. The SMILES string of the molecule is CC(C)[C@H]1CN(CCC(F)(F)F)C[C@@H]1NC(=O)c1ccc(C#N)nc1.Cl. The standard InChI is InChI=1S/C17H21F3N4O.ClH/c1-11(2)14-9-24(6-5-17(18,19)20)10-15(14)23-16(25)12-3-4-13(7-21)22-8-12;/h3-4,8,11,14-15H,5-6,9-10H2,1-2H3,(H,23,25);1H/t14-,15+;/m1./s1. The second-order valence-corrected chi connectivity index (χ2v) is 6.66. The molecule has 0 radical (unpaired) electrons. The Bertz CT molecular complexity index is 643. The number of nitrogens with zero attached hydrogens (tertiary/aromatic N) is 3. The molecule has 1 aliphatic rings. The van der Waals surface area contributed by atoms with Gasteiger partial charge in [0.15, 0.2) is 0 Å². The first-order valence-corrected chi connectivity index (χ1v) is 8.15. The number of amides is 1. The average Bonchev–Trinajstić information content (AvgIpc) is 2.95. The lowest BCUT2D eigenvalue weighted by molar-refractivity contribution is -0.137. The molecule has 144 valence electrons. The molecule has 2 atom stereocenters. The number of nitriles is 1. The number of aromatic nitrogens is 1. The van der Waals surface area contributed by atoms with E-state index in [9.17, 15) is 18.0 Å². The second-order valence-electron chi connectivity index (χ2n) is 6.66. The fourth-order valence-corrected chi connectivity index (χ4v) is 3.06. The summed E-state index contributed by atoms with van der Waals surface area (Å²) in [4.78, 5) is 18.0. The van der Waals surface area contributed by atoms with Crippen LogP contribution in [-0.4, -0.2) is 47.6 Å². The fraction of sp³-hybridized carbons (Fsp3) is 0.588. The van der Waals surface area contributed by atoms with E-state index in [0.29, 0.717) is 18.7 Å². The number of halogens is 4. The highest BCUT2D eigenvalue weighted by molar-refractivity contribution is 5.94. The van der Waals surface area contributed by atoms with Gasteiger partial charge in [0, 0.05) is 31.9 Å². The van der Waals surface area contributed by atoms with E-state index in [2.05, 4.69) is 10.3 Å². The molecular formula is C17H22ClF3N4O. The molecule has 5 nitrogen and oxygen atoms in total. The van der Waals surface area contributed by atoms with Gasteiger partial charge < -0.3 is 10.2 Å². The highest BCUT2D eigenvalue weighted by atomic mass is 35.5. The molecule has 0 aromatic carbocycles. The van der Waals surface area contributed by atoms with Crippen LogP contribution in [0.1, 0.15) is 36.3 Å². The molecule has 9 heteroatoms. The van der Waals surface area contributed by atoms with Crippen LogP contribution in [0.3, 0.4) is 0 Å². The van der Waals surface area contributed by atoms with Crippen molar-refractivity contribution in [2.75, 3.05) is 19.6 Å². The number of rotatable bonds is 5. The first-order chi connectivity index (χ1) is 11.7. The Morgan fingerprint density at radius 1 is 1.42 bits per heavy atom. The lowest BCUT2D eigenvalue weighted by atomic mass is 9.91. The lowest BCUT2D eigenvalue weighted by Crippen LogP contribution is -2.42. The number of carbonyl (C=O) groups is 1. The van der Waals surface area contributed by atoms with Crippen molar-refractivity contribution in [2.45, 2.75) is 32.5 Å².